The Labute approximate surface area is 92.5 Å². The van der Waals surface area contributed by atoms with E-state index in [4.69, 9.17) is 10.5 Å². The molecule has 15 heavy (non-hydrogen) atoms. The number of rotatable bonds is 4. The van der Waals surface area contributed by atoms with Crippen LogP contribution in [0.25, 0.3) is 0 Å². The van der Waals surface area contributed by atoms with E-state index >= 15 is 0 Å². The third-order valence-corrected chi connectivity index (χ3v) is 2.69. The molecule has 0 bridgehead atoms. The van der Waals surface area contributed by atoms with E-state index in [-0.39, 0.29) is 0 Å². The van der Waals surface area contributed by atoms with Gasteiger partial charge in [0.05, 0.1) is 6.10 Å². The second-order valence-corrected chi connectivity index (χ2v) is 4.27. The molecule has 1 fully saturated rings. The van der Waals surface area contributed by atoms with Gasteiger partial charge in [0, 0.05) is 27.2 Å². The summed E-state index contributed by atoms with van der Waals surface area (Å²) in [5.41, 5.74) is 5.68. The maximum atomic E-state index is 5.68. The molecule has 0 aromatic heterocycles. The van der Waals surface area contributed by atoms with Crippen molar-refractivity contribution >= 4 is 5.96 Å². The lowest BCUT2D eigenvalue weighted by atomic mass is 10.1. The summed E-state index contributed by atoms with van der Waals surface area (Å²) in [4.78, 5) is 6.10. The van der Waals surface area contributed by atoms with Crippen molar-refractivity contribution in [3.8, 4) is 0 Å². The van der Waals surface area contributed by atoms with Crippen LogP contribution in [0.3, 0.4) is 0 Å². The average molecular weight is 213 g/mol. The quantitative estimate of drug-likeness (QED) is 0.434. The molecule has 0 aromatic carbocycles. The molecule has 88 valence electrons. The van der Waals surface area contributed by atoms with Gasteiger partial charge in [-0.15, -0.1) is 0 Å². The summed E-state index contributed by atoms with van der Waals surface area (Å²) in [5, 5.41) is 0. The fourth-order valence-electron chi connectivity index (χ4n) is 1.69. The van der Waals surface area contributed by atoms with E-state index in [1.807, 2.05) is 19.0 Å². The van der Waals surface area contributed by atoms with Gasteiger partial charge in [0.15, 0.2) is 5.96 Å². The summed E-state index contributed by atoms with van der Waals surface area (Å²) in [6.45, 7) is 1.75. The van der Waals surface area contributed by atoms with E-state index in [2.05, 4.69) is 4.99 Å². The number of hydrogen-bond donors (Lipinski definition) is 1. The first-order chi connectivity index (χ1) is 7.20. The molecular formula is C11H23N3O. The minimum atomic E-state index is 0.467. The maximum Gasteiger partial charge on any atom is 0.190 e. The van der Waals surface area contributed by atoms with E-state index in [1.165, 1.54) is 19.3 Å². The van der Waals surface area contributed by atoms with Crippen LogP contribution in [0.1, 0.15) is 32.1 Å². The van der Waals surface area contributed by atoms with Gasteiger partial charge in [-0.2, -0.15) is 0 Å². The van der Waals surface area contributed by atoms with Crippen molar-refractivity contribution in [2.45, 2.75) is 38.2 Å². The molecular weight excluding hydrogens is 190 g/mol. The lowest BCUT2D eigenvalue weighted by Crippen LogP contribution is -2.30. The maximum absolute atomic E-state index is 5.68. The number of ether oxygens (including phenoxy) is 1. The van der Waals surface area contributed by atoms with Crippen LogP contribution < -0.4 is 5.73 Å². The van der Waals surface area contributed by atoms with E-state index < -0.39 is 0 Å². The largest absolute Gasteiger partial charge is 0.378 e. The molecule has 0 aromatic rings. The van der Waals surface area contributed by atoms with Crippen molar-refractivity contribution < 1.29 is 4.74 Å². The standard InChI is InChI=1S/C11H23N3O/c1-14(2)11(12)13-8-5-7-10-6-3-4-9-15-10/h10H,3-9H2,1-2H3,(H2,12,13)/t10-/m0/s1. The smallest absolute Gasteiger partial charge is 0.190 e. The normalized spacial score (nSPS) is 22.8. The fraction of sp³-hybridized carbons (Fsp3) is 0.909. The van der Waals surface area contributed by atoms with Crippen molar-refractivity contribution in [3.05, 3.63) is 0 Å². The second kappa shape index (κ2) is 6.67. The summed E-state index contributed by atoms with van der Waals surface area (Å²) in [7, 11) is 3.81. The molecule has 4 heteroatoms. The van der Waals surface area contributed by atoms with E-state index in [0.29, 0.717) is 12.1 Å². The molecule has 1 atom stereocenters. The minimum Gasteiger partial charge on any atom is -0.378 e. The van der Waals surface area contributed by atoms with Crippen LogP contribution >= 0.6 is 0 Å². The van der Waals surface area contributed by atoms with Crippen molar-refractivity contribution in [2.75, 3.05) is 27.2 Å². The first-order valence-corrected chi connectivity index (χ1v) is 5.79. The van der Waals surface area contributed by atoms with Crippen molar-refractivity contribution in [3.63, 3.8) is 0 Å². The van der Waals surface area contributed by atoms with Gasteiger partial charge in [-0.05, 0) is 32.1 Å². The third-order valence-electron chi connectivity index (χ3n) is 2.69. The summed E-state index contributed by atoms with van der Waals surface area (Å²) >= 11 is 0. The first-order valence-electron chi connectivity index (χ1n) is 5.79. The topological polar surface area (TPSA) is 50.8 Å². The van der Waals surface area contributed by atoms with E-state index in [0.717, 1.165) is 26.0 Å². The zero-order valence-corrected chi connectivity index (χ0v) is 9.91. The highest BCUT2D eigenvalue weighted by molar-refractivity contribution is 5.77. The van der Waals surface area contributed by atoms with Crippen molar-refractivity contribution in [1.82, 2.24) is 4.90 Å². The van der Waals surface area contributed by atoms with Gasteiger partial charge in [0.25, 0.3) is 0 Å². The molecule has 1 aliphatic heterocycles. The summed E-state index contributed by atoms with van der Waals surface area (Å²) in [5.74, 6) is 0.611. The predicted molar refractivity (Wildman–Crippen MR) is 63.0 cm³/mol. The minimum absolute atomic E-state index is 0.467. The molecule has 0 spiro atoms. The zero-order chi connectivity index (χ0) is 11.1. The highest BCUT2D eigenvalue weighted by Gasteiger charge is 2.12. The van der Waals surface area contributed by atoms with Crippen LogP contribution in [-0.2, 0) is 4.74 Å². The molecule has 0 radical (unpaired) electrons. The highest BCUT2D eigenvalue weighted by Crippen LogP contribution is 2.16. The Morgan fingerprint density at radius 1 is 1.47 bits per heavy atom. The van der Waals surface area contributed by atoms with Crippen LogP contribution in [0.2, 0.25) is 0 Å². The fourth-order valence-corrected chi connectivity index (χ4v) is 1.69. The van der Waals surface area contributed by atoms with Crippen molar-refractivity contribution in [2.24, 2.45) is 10.7 Å². The number of hydrogen-bond acceptors (Lipinski definition) is 2. The molecule has 1 saturated heterocycles. The van der Waals surface area contributed by atoms with E-state index in [9.17, 15) is 0 Å². The van der Waals surface area contributed by atoms with Crippen molar-refractivity contribution in [1.29, 1.82) is 0 Å². The molecule has 0 unspecified atom stereocenters. The van der Waals surface area contributed by atoms with E-state index in [1.54, 1.807) is 0 Å². The molecule has 0 saturated carbocycles. The Kier molecular flexibility index (Phi) is 5.47. The zero-order valence-electron chi connectivity index (χ0n) is 9.91. The Morgan fingerprint density at radius 2 is 2.27 bits per heavy atom. The lowest BCUT2D eigenvalue weighted by Gasteiger charge is -2.22. The second-order valence-electron chi connectivity index (χ2n) is 4.27. The first kappa shape index (κ1) is 12.3. The van der Waals surface area contributed by atoms with Crippen LogP contribution in [0.15, 0.2) is 4.99 Å². The number of nitrogens with zero attached hydrogens (tertiary/aromatic N) is 2. The molecule has 1 aliphatic rings. The lowest BCUT2D eigenvalue weighted by molar-refractivity contribution is 0.0105. The Balaban J connectivity index is 2.07. The predicted octanol–water partition coefficient (Wildman–Crippen LogP) is 1.21. The van der Waals surface area contributed by atoms with Gasteiger partial charge in [0.1, 0.15) is 0 Å². The van der Waals surface area contributed by atoms with Gasteiger partial charge in [-0.1, -0.05) is 0 Å². The monoisotopic (exact) mass is 213 g/mol. The van der Waals surface area contributed by atoms with Gasteiger partial charge in [0.2, 0.25) is 0 Å². The summed E-state index contributed by atoms with van der Waals surface area (Å²) in [6.07, 6.45) is 6.40. The van der Waals surface area contributed by atoms with Crippen LogP contribution in [0, 0.1) is 0 Å². The van der Waals surface area contributed by atoms with Crippen LogP contribution in [-0.4, -0.2) is 44.2 Å². The molecule has 2 N–H and O–H groups in total. The summed E-state index contributed by atoms with van der Waals surface area (Å²) in [6, 6.07) is 0. The molecule has 1 heterocycles. The Hall–Kier alpha value is -0.770. The molecule has 1 rings (SSSR count). The van der Waals surface area contributed by atoms with Gasteiger partial charge < -0.3 is 15.4 Å². The van der Waals surface area contributed by atoms with Crippen LogP contribution in [0.5, 0.6) is 0 Å². The Bertz CT molecular complexity index is 198. The summed E-state index contributed by atoms with van der Waals surface area (Å²) < 4.78 is 5.64. The Morgan fingerprint density at radius 3 is 2.87 bits per heavy atom. The number of aliphatic imine (C=N–C) groups is 1. The van der Waals surface area contributed by atoms with Crippen LogP contribution in [0.4, 0.5) is 0 Å². The molecule has 0 amide bonds. The molecule has 0 aliphatic carbocycles. The number of nitrogens with two attached hydrogens (primary N) is 1. The van der Waals surface area contributed by atoms with Gasteiger partial charge in [-0.25, -0.2) is 0 Å². The third kappa shape index (κ3) is 5.02. The van der Waals surface area contributed by atoms with Gasteiger partial charge in [-0.3, -0.25) is 4.99 Å². The molecule has 4 nitrogen and oxygen atoms in total. The number of guanidine groups is 1. The van der Waals surface area contributed by atoms with Gasteiger partial charge >= 0.3 is 0 Å². The average Bonchev–Trinajstić information content (AvgIpc) is 2.25. The highest BCUT2D eigenvalue weighted by atomic mass is 16.5. The SMILES string of the molecule is CN(C)C(N)=NCCC[C@@H]1CCCCO1.